The first-order valence-corrected chi connectivity index (χ1v) is 9.17. The molecule has 2 unspecified atom stereocenters. The average Bonchev–Trinajstić information content (AvgIpc) is 2.67. The quantitative estimate of drug-likeness (QED) is 0.535. The first kappa shape index (κ1) is 21.9. The van der Waals surface area contributed by atoms with Crippen molar-refractivity contribution in [2.45, 2.75) is 33.2 Å². The lowest BCUT2D eigenvalue weighted by atomic mass is 9.99. The molecule has 0 radical (unpaired) electrons. The molecule has 29 heavy (non-hydrogen) atoms. The van der Waals surface area contributed by atoms with Crippen molar-refractivity contribution >= 4 is 28.8 Å². The number of carboxylic acid groups (broad SMARTS) is 1. The molecule has 9 nitrogen and oxygen atoms in total. The van der Waals surface area contributed by atoms with Gasteiger partial charge in [0.05, 0.1) is 6.54 Å². The van der Waals surface area contributed by atoms with E-state index < -0.39 is 29.5 Å². The van der Waals surface area contributed by atoms with E-state index in [-0.39, 0.29) is 19.1 Å². The second-order valence-corrected chi connectivity index (χ2v) is 6.74. The molecule has 1 aromatic carbocycles. The van der Waals surface area contributed by atoms with Gasteiger partial charge in [-0.1, -0.05) is 20.3 Å². The van der Waals surface area contributed by atoms with Crippen molar-refractivity contribution in [2.24, 2.45) is 5.92 Å². The average molecular weight is 404 g/mol. The smallest absolute Gasteiger partial charge is 0.336 e. The summed E-state index contributed by atoms with van der Waals surface area (Å²) in [6, 6.07) is 5.23. The molecule has 0 aliphatic rings. The van der Waals surface area contributed by atoms with Crippen LogP contribution in [0, 0.1) is 12.8 Å². The number of carboxylic acids is 1. The highest BCUT2D eigenvalue weighted by Gasteiger charge is 2.25. The highest BCUT2D eigenvalue weighted by molar-refractivity contribution is 5.88. The summed E-state index contributed by atoms with van der Waals surface area (Å²) < 4.78 is 10.5. The number of carbonyl (C=O) groups excluding carboxylic acids is 2. The van der Waals surface area contributed by atoms with Gasteiger partial charge in [0.25, 0.3) is 5.91 Å². The highest BCUT2D eigenvalue weighted by atomic mass is 16.5. The molecule has 0 aliphatic carbocycles. The maximum absolute atomic E-state index is 11.9. The molecule has 1 heterocycles. The second kappa shape index (κ2) is 9.72. The molecule has 2 amide bonds. The second-order valence-electron chi connectivity index (χ2n) is 6.74. The van der Waals surface area contributed by atoms with E-state index >= 15 is 0 Å². The van der Waals surface area contributed by atoms with Gasteiger partial charge in [-0.3, -0.25) is 9.59 Å². The van der Waals surface area contributed by atoms with Crippen LogP contribution in [0.1, 0.15) is 25.8 Å². The number of fused-ring (bicyclic) bond motifs is 1. The Bertz CT molecular complexity index is 967. The molecule has 156 valence electrons. The fourth-order valence-electron chi connectivity index (χ4n) is 2.68. The molecule has 0 fully saturated rings. The van der Waals surface area contributed by atoms with Gasteiger partial charge >= 0.3 is 11.6 Å². The van der Waals surface area contributed by atoms with Gasteiger partial charge < -0.3 is 24.9 Å². The summed E-state index contributed by atoms with van der Waals surface area (Å²) in [4.78, 5) is 46.5. The lowest BCUT2D eigenvalue weighted by molar-refractivity contribution is -0.143. The summed E-state index contributed by atoms with van der Waals surface area (Å²) >= 11 is 0. The third kappa shape index (κ3) is 6.06. The zero-order valence-electron chi connectivity index (χ0n) is 16.5. The minimum Gasteiger partial charge on any atom is -0.484 e. The van der Waals surface area contributed by atoms with Gasteiger partial charge in [-0.2, -0.15) is 0 Å². The van der Waals surface area contributed by atoms with Crippen LogP contribution in [0.3, 0.4) is 0 Å². The van der Waals surface area contributed by atoms with Gasteiger partial charge in [0.15, 0.2) is 6.61 Å². The highest BCUT2D eigenvalue weighted by Crippen LogP contribution is 2.22. The van der Waals surface area contributed by atoms with Crippen molar-refractivity contribution in [3.63, 3.8) is 0 Å². The number of nitrogens with one attached hydrogen (secondary N) is 2. The molecular formula is C20H24N2O7. The fourth-order valence-corrected chi connectivity index (χ4v) is 2.68. The summed E-state index contributed by atoms with van der Waals surface area (Å²) in [5, 5.41) is 14.7. The van der Waals surface area contributed by atoms with Gasteiger partial charge in [-0.05, 0) is 30.5 Å². The molecule has 1 aromatic heterocycles. The van der Waals surface area contributed by atoms with E-state index in [1.165, 1.54) is 12.1 Å². The van der Waals surface area contributed by atoms with E-state index in [4.69, 9.17) is 9.15 Å². The molecule has 2 rings (SSSR count). The Balaban J connectivity index is 1.87. The number of ether oxygens (including phenoxy) is 1. The first-order chi connectivity index (χ1) is 13.7. The summed E-state index contributed by atoms with van der Waals surface area (Å²) in [7, 11) is 0. The number of aryl methyl sites for hydroxylation is 1. The predicted octanol–water partition coefficient (Wildman–Crippen LogP) is 1.21. The predicted molar refractivity (Wildman–Crippen MR) is 105 cm³/mol. The third-order valence-corrected chi connectivity index (χ3v) is 4.53. The lowest BCUT2D eigenvalue weighted by Gasteiger charge is -2.20. The Kier molecular flexibility index (Phi) is 7.35. The summed E-state index contributed by atoms with van der Waals surface area (Å²) in [5.74, 6) is -2.20. The summed E-state index contributed by atoms with van der Waals surface area (Å²) in [5.41, 5.74) is 0.633. The lowest BCUT2D eigenvalue weighted by Crippen LogP contribution is -2.48. The van der Waals surface area contributed by atoms with Gasteiger partial charge in [0.1, 0.15) is 17.4 Å². The zero-order valence-corrected chi connectivity index (χ0v) is 16.5. The SMILES string of the molecule is CCC(C)C(NC(=O)CNC(=O)COc1ccc2c(C)cc(=O)oc2c1)C(=O)O. The molecule has 0 bridgehead atoms. The maximum atomic E-state index is 11.9. The first-order valence-electron chi connectivity index (χ1n) is 9.17. The zero-order chi connectivity index (χ0) is 21.6. The van der Waals surface area contributed by atoms with Crippen LogP contribution in [0.5, 0.6) is 5.75 Å². The van der Waals surface area contributed by atoms with E-state index in [1.807, 2.05) is 6.92 Å². The van der Waals surface area contributed by atoms with Crippen molar-refractivity contribution in [3.05, 3.63) is 40.2 Å². The Morgan fingerprint density at radius 1 is 1.21 bits per heavy atom. The third-order valence-electron chi connectivity index (χ3n) is 4.53. The minimum absolute atomic E-state index is 0.243. The summed E-state index contributed by atoms with van der Waals surface area (Å²) in [6.07, 6.45) is 0.586. The van der Waals surface area contributed by atoms with Gasteiger partial charge in [-0.15, -0.1) is 0 Å². The van der Waals surface area contributed by atoms with E-state index in [0.29, 0.717) is 17.8 Å². The number of hydrogen-bond acceptors (Lipinski definition) is 6. The minimum atomic E-state index is -1.12. The van der Waals surface area contributed by atoms with Gasteiger partial charge in [0, 0.05) is 17.5 Å². The van der Waals surface area contributed by atoms with E-state index in [0.717, 1.165) is 10.9 Å². The number of hydrogen-bond donors (Lipinski definition) is 3. The van der Waals surface area contributed by atoms with Crippen molar-refractivity contribution < 1.29 is 28.6 Å². The van der Waals surface area contributed by atoms with Crippen LogP contribution in [0.4, 0.5) is 0 Å². The molecule has 2 aromatic rings. The molecular weight excluding hydrogens is 380 g/mol. The van der Waals surface area contributed by atoms with Crippen molar-refractivity contribution in [1.82, 2.24) is 10.6 Å². The number of rotatable bonds is 9. The van der Waals surface area contributed by atoms with Crippen LogP contribution in [0.25, 0.3) is 11.0 Å². The van der Waals surface area contributed by atoms with Crippen LogP contribution in [-0.4, -0.2) is 42.1 Å². The van der Waals surface area contributed by atoms with Crippen LogP contribution in [0.2, 0.25) is 0 Å². The van der Waals surface area contributed by atoms with Crippen molar-refractivity contribution in [2.75, 3.05) is 13.2 Å². The van der Waals surface area contributed by atoms with Crippen molar-refractivity contribution in [1.29, 1.82) is 0 Å². The van der Waals surface area contributed by atoms with E-state index in [1.54, 1.807) is 26.0 Å². The normalized spacial score (nSPS) is 12.8. The van der Waals surface area contributed by atoms with Crippen LogP contribution in [-0.2, 0) is 14.4 Å². The van der Waals surface area contributed by atoms with Crippen molar-refractivity contribution in [3.8, 4) is 5.75 Å². The number of amides is 2. The molecule has 9 heteroatoms. The monoisotopic (exact) mass is 404 g/mol. The molecule has 3 N–H and O–H groups in total. The molecule has 2 atom stereocenters. The summed E-state index contributed by atoms with van der Waals surface area (Å²) in [6.45, 7) is 4.61. The van der Waals surface area contributed by atoms with Crippen LogP contribution in [0.15, 0.2) is 33.5 Å². The fraction of sp³-hybridized carbons (Fsp3) is 0.400. The van der Waals surface area contributed by atoms with Gasteiger partial charge in [-0.25, -0.2) is 9.59 Å². The molecule has 0 aliphatic heterocycles. The Morgan fingerprint density at radius 3 is 2.59 bits per heavy atom. The molecule has 0 spiro atoms. The van der Waals surface area contributed by atoms with Gasteiger partial charge in [0.2, 0.25) is 5.91 Å². The Hall–Kier alpha value is -3.36. The number of benzene rings is 1. The van der Waals surface area contributed by atoms with E-state index in [2.05, 4.69) is 10.6 Å². The molecule has 0 saturated heterocycles. The van der Waals surface area contributed by atoms with Crippen LogP contribution >= 0.6 is 0 Å². The topological polar surface area (TPSA) is 135 Å². The van der Waals surface area contributed by atoms with E-state index in [9.17, 15) is 24.3 Å². The standard InChI is InChI=1S/C20H24N2O7/c1-4-11(2)19(20(26)27)22-16(23)9-21-17(24)10-28-13-5-6-14-12(3)7-18(25)29-15(14)8-13/h5-8,11,19H,4,9-10H2,1-3H3,(H,21,24)(H,22,23)(H,26,27). The maximum Gasteiger partial charge on any atom is 0.336 e. The Morgan fingerprint density at radius 2 is 1.93 bits per heavy atom. The number of aliphatic carboxylic acids is 1. The number of carbonyl (C=O) groups is 3. The largest absolute Gasteiger partial charge is 0.484 e. The molecule has 0 saturated carbocycles. The Labute approximate surface area is 167 Å². The van der Waals surface area contributed by atoms with Crippen LogP contribution < -0.4 is 21.0 Å².